The molecule has 5 nitrogen and oxygen atoms in total. The fourth-order valence-corrected chi connectivity index (χ4v) is 2.72. The number of hydrogen-bond donors (Lipinski definition) is 2. The topological polar surface area (TPSA) is 59.0 Å². The molecule has 1 aromatic rings. The Hall–Kier alpha value is -1.36. The first-order chi connectivity index (χ1) is 9.74. The molecule has 1 atom stereocenters. The molecule has 1 aliphatic rings. The summed E-state index contributed by atoms with van der Waals surface area (Å²) >= 11 is 0. The molecule has 0 aliphatic heterocycles. The van der Waals surface area contributed by atoms with Gasteiger partial charge in [0.1, 0.15) is 0 Å². The van der Waals surface area contributed by atoms with Gasteiger partial charge in [0.05, 0.1) is 13.1 Å². The molecule has 112 valence electrons. The minimum atomic E-state index is 0.115. The average molecular weight is 278 g/mol. The van der Waals surface area contributed by atoms with Gasteiger partial charge in [0.15, 0.2) is 0 Å². The van der Waals surface area contributed by atoms with Crippen LogP contribution in [0.1, 0.15) is 45.4 Å². The van der Waals surface area contributed by atoms with Gasteiger partial charge in [-0.2, -0.15) is 5.10 Å². The standard InChI is InChI=1S/C15H26N4O/c1-13(12-19-10-6-9-17-19)16-11-15(20)18-14-7-4-2-3-5-8-14/h6,9-10,13-14,16H,2-5,7-8,11-12H2,1H3,(H,18,20). The second-order valence-electron chi connectivity index (χ2n) is 5.77. The average Bonchev–Trinajstić information content (AvgIpc) is 2.80. The fraction of sp³-hybridized carbons (Fsp3) is 0.733. The zero-order valence-electron chi connectivity index (χ0n) is 12.3. The van der Waals surface area contributed by atoms with Crippen molar-refractivity contribution in [2.45, 2.75) is 64.1 Å². The molecule has 2 rings (SSSR count). The van der Waals surface area contributed by atoms with Gasteiger partial charge in [0.25, 0.3) is 0 Å². The van der Waals surface area contributed by atoms with Crippen molar-refractivity contribution in [2.75, 3.05) is 6.54 Å². The van der Waals surface area contributed by atoms with E-state index in [9.17, 15) is 4.79 Å². The molecular weight excluding hydrogens is 252 g/mol. The number of carbonyl (C=O) groups excluding carboxylic acids is 1. The van der Waals surface area contributed by atoms with Crippen molar-refractivity contribution < 1.29 is 4.79 Å². The predicted molar refractivity (Wildman–Crippen MR) is 79.3 cm³/mol. The third-order valence-electron chi connectivity index (χ3n) is 3.85. The van der Waals surface area contributed by atoms with E-state index in [4.69, 9.17) is 0 Å². The summed E-state index contributed by atoms with van der Waals surface area (Å²) in [6, 6.07) is 2.52. The van der Waals surface area contributed by atoms with E-state index in [0.29, 0.717) is 12.6 Å². The summed E-state index contributed by atoms with van der Waals surface area (Å²) in [6.45, 7) is 3.24. The van der Waals surface area contributed by atoms with Crippen molar-refractivity contribution in [3.8, 4) is 0 Å². The number of carbonyl (C=O) groups is 1. The molecule has 1 amide bonds. The first-order valence-electron chi connectivity index (χ1n) is 7.74. The van der Waals surface area contributed by atoms with Gasteiger partial charge in [-0.05, 0) is 25.8 Å². The van der Waals surface area contributed by atoms with Crippen LogP contribution >= 0.6 is 0 Å². The summed E-state index contributed by atoms with van der Waals surface area (Å²) in [4.78, 5) is 11.9. The Kier molecular flexibility index (Phi) is 6.05. The van der Waals surface area contributed by atoms with Gasteiger partial charge in [0, 0.05) is 24.5 Å². The summed E-state index contributed by atoms with van der Waals surface area (Å²) in [5, 5.41) is 10.6. The van der Waals surface area contributed by atoms with Gasteiger partial charge in [-0.1, -0.05) is 25.7 Å². The predicted octanol–water partition coefficient (Wildman–Crippen LogP) is 1.70. The summed E-state index contributed by atoms with van der Waals surface area (Å²) in [7, 11) is 0. The van der Waals surface area contributed by atoms with Crippen molar-refractivity contribution >= 4 is 5.91 Å². The summed E-state index contributed by atoms with van der Waals surface area (Å²) in [6.07, 6.45) is 11.1. The highest BCUT2D eigenvalue weighted by Gasteiger charge is 2.14. The maximum absolute atomic E-state index is 11.9. The summed E-state index contributed by atoms with van der Waals surface area (Å²) in [5.41, 5.74) is 0. The largest absolute Gasteiger partial charge is 0.352 e. The van der Waals surface area contributed by atoms with E-state index in [0.717, 1.165) is 19.4 Å². The lowest BCUT2D eigenvalue weighted by Crippen LogP contribution is -2.43. The Labute approximate surface area is 121 Å². The molecule has 5 heteroatoms. The number of rotatable bonds is 6. The number of aromatic nitrogens is 2. The Morgan fingerprint density at radius 3 is 2.75 bits per heavy atom. The Balaban J connectivity index is 1.63. The number of hydrogen-bond acceptors (Lipinski definition) is 3. The molecule has 1 saturated carbocycles. The van der Waals surface area contributed by atoms with Crippen LogP contribution in [0.25, 0.3) is 0 Å². The maximum Gasteiger partial charge on any atom is 0.234 e. The second-order valence-corrected chi connectivity index (χ2v) is 5.77. The smallest absolute Gasteiger partial charge is 0.234 e. The molecule has 0 bridgehead atoms. The van der Waals surface area contributed by atoms with E-state index in [1.54, 1.807) is 6.20 Å². The van der Waals surface area contributed by atoms with Gasteiger partial charge < -0.3 is 10.6 Å². The van der Waals surface area contributed by atoms with Crippen LogP contribution in [0.5, 0.6) is 0 Å². The lowest BCUT2D eigenvalue weighted by Gasteiger charge is -2.18. The normalized spacial score (nSPS) is 18.4. The SMILES string of the molecule is CC(Cn1cccn1)NCC(=O)NC1CCCCCC1. The lowest BCUT2D eigenvalue weighted by molar-refractivity contribution is -0.121. The molecule has 0 saturated heterocycles. The Bertz CT molecular complexity index is 383. The molecule has 1 fully saturated rings. The molecule has 1 aliphatic carbocycles. The van der Waals surface area contributed by atoms with Crippen LogP contribution in [0, 0.1) is 0 Å². The van der Waals surface area contributed by atoms with E-state index in [1.165, 1.54) is 25.7 Å². The van der Waals surface area contributed by atoms with Crippen molar-refractivity contribution in [3.63, 3.8) is 0 Å². The van der Waals surface area contributed by atoms with Crippen LogP contribution < -0.4 is 10.6 Å². The number of nitrogens with one attached hydrogen (secondary N) is 2. The zero-order valence-corrected chi connectivity index (χ0v) is 12.3. The summed E-state index contributed by atoms with van der Waals surface area (Å²) < 4.78 is 1.88. The van der Waals surface area contributed by atoms with E-state index >= 15 is 0 Å². The van der Waals surface area contributed by atoms with Crippen molar-refractivity contribution in [2.24, 2.45) is 0 Å². The Morgan fingerprint density at radius 2 is 2.10 bits per heavy atom. The Morgan fingerprint density at radius 1 is 1.35 bits per heavy atom. The summed E-state index contributed by atoms with van der Waals surface area (Å²) in [5.74, 6) is 0.115. The van der Waals surface area contributed by atoms with Crippen LogP contribution in [0.3, 0.4) is 0 Å². The molecule has 20 heavy (non-hydrogen) atoms. The van der Waals surface area contributed by atoms with E-state index in [-0.39, 0.29) is 11.9 Å². The quantitative estimate of drug-likeness (QED) is 0.779. The van der Waals surface area contributed by atoms with Crippen LogP contribution in [-0.2, 0) is 11.3 Å². The van der Waals surface area contributed by atoms with Crippen molar-refractivity contribution in [1.82, 2.24) is 20.4 Å². The van der Waals surface area contributed by atoms with Gasteiger partial charge in [-0.25, -0.2) is 0 Å². The molecule has 2 N–H and O–H groups in total. The molecule has 0 spiro atoms. The second kappa shape index (κ2) is 8.04. The lowest BCUT2D eigenvalue weighted by atomic mass is 10.1. The van der Waals surface area contributed by atoms with Crippen molar-refractivity contribution in [3.05, 3.63) is 18.5 Å². The van der Waals surface area contributed by atoms with Crippen LogP contribution in [0.15, 0.2) is 18.5 Å². The van der Waals surface area contributed by atoms with Gasteiger partial charge in [-0.15, -0.1) is 0 Å². The van der Waals surface area contributed by atoms with Gasteiger partial charge >= 0.3 is 0 Å². The number of amides is 1. The highest BCUT2D eigenvalue weighted by Crippen LogP contribution is 2.16. The fourth-order valence-electron chi connectivity index (χ4n) is 2.72. The third kappa shape index (κ3) is 5.33. The molecule has 1 heterocycles. The maximum atomic E-state index is 11.9. The molecule has 1 aromatic heterocycles. The third-order valence-corrected chi connectivity index (χ3v) is 3.85. The monoisotopic (exact) mass is 278 g/mol. The highest BCUT2D eigenvalue weighted by atomic mass is 16.1. The van der Waals surface area contributed by atoms with Gasteiger partial charge in [0.2, 0.25) is 5.91 Å². The number of nitrogens with zero attached hydrogens (tertiary/aromatic N) is 2. The van der Waals surface area contributed by atoms with E-state index in [1.807, 2.05) is 16.9 Å². The molecule has 0 radical (unpaired) electrons. The van der Waals surface area contributed by atoms with Crippen LogP contribution in [0.2, 0.25) is 0 Å². The van der Waals surface area contributed by atoms with Crippen LogP contribution in [-0.4, -0.2) is 34.3 Å². The zero-order chi connectivity index (χ0) is 14.2. The van der Waals surface area contributed by atoms with Gasteiger partial charge in [-0.3, -0.25) is 9.48 Å². The minimum absolute atomic E-state index is 0.115. The first-order valence-corrected chi connectivity index (χ1v) is 7.74. The minimum Gasteiger partial charge on any atom is -0.352 e. The van der Waals surface area contributed by atoms with Crippen molar-refractivity contribution in [1.29, 1.82) is 0 Å². The molecule has 0 aromatic carbocycles. The van der Waals surface area contributed by atoms with E-state index in [2.05, 4.69) is 22.7 Å². The van der Waals surface area contributed by atoms with E-state index < -0.39 is 0 Å². The highest BCUT2D eigenvalue weighted by molar-refractivity contribution is 5.78. The first kappa shape index (κ1) is 15.0. The molecular formula is C15H26N4O. The molecule has 1 unspecified atom stereocenters. The van der Waals surface area contributed by atoms with Crippen LogP contribution in [0.4, 0.5) is 0 Å².